The molecule has 4 rings (SSSR count). The number of rotatable bonds is 5. The number of fused-ring (bicyclic) bond motifs is 1. The maximum atomic E-state index is 13.3. The van der Waals surface area contributed by atoms with Crippen molar-refractivity contribution in [2.45, 2.75) is 6.54 Å². The molecule has 0 saturated heterocycles. The Balaban J connectivity index is 1.81. The fraction of sp³-hybridized carbons (Fsp3) is 0.0400. The second-order valence-electron chi connectivity index (χ2n) is 7.06. The molecule has 0 amide bonds. The molecule has 0 saturated carbocycles. The summed E-state index contributed by atoms with van der Waals surface area (Å²) in [6.45, 7) is 0.501. The van der Waals surface area contributed by atoms with E-state index in [0.717, 1.165) is 22.0 Å². The van der Waals surface area contributed by atoms with Crippen LogP contribution in [0.2, 0.25) is 5.02 Å². The van der Waals surface area contributed by atoms with Crippen LogP contribution in [0.15, 0.2) is 72.9 Å². The van der Waals surface area contributed by atoms with E-state index in [1.54, 1.807) is 36.4 Å². The molecule has 1 N–H and O–H groups in total. The highest BCUT2D eigenvalue weighted by molar-refractivity contribution is 6.31. The number of hydrogen-bond donors (Lipinski definition) is 1. The third-order valence-electron chi connectivity index (χ3n) is 4.98. The van der Waals surface area contributed by atoms with Gasteiger partial charge in [0.05, 0.1) is 22.7 Å². The van der Waals surface area contributed by atoms with Gasteiger partial charge in [0.2, 0.25) is 0 Å². The molecular formula is C25H16ClFN2O2. The van der Waals surface area contributed by atoms with E-state index in [4.69, 9.17) is 11.6 Å². The Kier molecular flexibility index (Phi) is 5.57. The highest BCUT2D eigenvalue weighted by Gasteiger charge is 2.12. The van der Waals surface area contributed by atoms with Crippen LogP contribution in [0.3, 0.4) is 0 Å². The normalized spacial score (nSPS) is 11.5. The minimum absolute atomic E-state index is 0.115. The zero-order valence-corrected chi connectivity index (χ0v) is 17.0. The summed E-state index contributed by atoms with van der Waals surface area (Å²) >= 11 is 6.21. The molecule has 4 aromatic rings. The average Bonchev–Trinajstić information content (AvgIpc) is 3.09. The van der Waals surface area contributed by atoms with E-state index in [1.165, 1.54) is 24.3 Å². The maximum absolute atomic E-state index is 13.3. The molecule has 0 aliphatic carbocycles. The van der Waals surface area contributed by atoms with E-state index in [0.29, 0.717) is 22.7 Å². The number of aromatic carboxylic acids is 1. The first-order chi connectivity index (χ1) is 14.9. The highest BCUT2D eigenvalue weighted by Crippen LogP contribution is 2.29. The Morgan fingerprint density at radius 3 is 2.55 bits per heavy atom. The maximum Gasteiger partial charge on any atom is 0.335 e. The fourth-order valence-electron chi connectivity index (χ4n) is 3.48. The Bertz CT molecular complexity index is 1360. The molecule has 1 aromatic heterocycles. The molecule has 4 nitrogen and oxygen atoms in total. The summed E-state index contributed by atoms with van der Waals surface area (Å²) in [7, 11) is 0. The molecule has 0 aliphatic heterocycles. The van der Waals surface area contributed by atoms with Gasteiger partial charge in [0, 0.05) is 28.7 Å². The van der Waals surface area contributed by atoms with Crippen molar-refractivity contribution in [3.8, 4) is 6.07 Å². The van der Waals surface area contributed by atoms with Crippen LogP contribution in [0.25, 0.3) is 22.6 Å². The lowest BCUT2D eigenvalue weighted by Crippen LogP contribution is -1.97. The van der Waals surface area contributed by atoms with Crippen molar-refractivity contribution in [3.63, 3.8) is 0 Å². The van der Waals surface area contributed by atoms with E-state index >= 15 is 0 Å². The molecule has 0 bridgehead atoms. The van der Waals surface area contributed by atoms with Gasteiger partial charge in [0.1, 0.15) is 5.82 Å². The lowest BCUT2D eigenvalue weighted by molar-refractivity contribution is 0.0697. The van der Waals surface area contributed by atoms with E-state index < -0.39 is 5.97 Å². The molecule has 0 fully saturated rings. The predicted octanol–water partition coefficient (Wildman–Crippen LogP) is 6.24. The Labute approximate surface area is 183 Å². The van der Waals surface area contributed by atoms with Crippen molar-refractivity contribution in [2.24, 2.45) is 0 Å². The third-order valence-corrected chi connectivity index (χ3v) is 5.22. The van der Waals surface area contributed by atoms with Gasteiger partial charge in [-0.1, -0.05) is 41.9 Å². The van der Waals surface area contributed by atoms with E-state index in [2.05, 4.69) is 6.07 Å². The number of nitriles is 1. The zero-order chi connectivity index (χ0) is 22.0. The van der Waals surface area contributed by atoms with Crippen LogP contribution in [-0.4, -0.2) is 15.6 Å². The van der Waals surface area contributed by atoms with Crippen LogP contribution < -0.4 is 0 Å². The van der Waals surface area contributed by atoms with Gasteiger partial charge in [0.15, 0.2) is 0 Å². The Hall–Kier alpha value is -3.88. The number of halogens is 2. The van der Waals surface area contributed by atoms with E-state index in [1.807, 2.05) is 22.9 Å². The second-order valence-corrected chi connectivity index (χ2v) is 7.49. The third kappa shape index (κ3) is 4.35. The van der Waals surface area contributed by atoms with Crippen molar-refractivity contribution in [2.75, 3.05) is 0 Å². The van der Waals surface area contributed by atoms with Crippen LogP contribution in [0.1, 0.15) is 27.0 Å². The molecule has 0 spiro atoms. The average molecular weight is 431 g/mol. The monoisotopic (exact) mass is 430 g/mol. The number of aromatic nitrogens is 1. The van der Waals surface area contributed by atoms with Crippen molar-refractivity contribution in [1.29, 1.82) is 5.26 Å². The van der Waals surface area contributed by atoms with Gasteiger partial charge in [-0.2, -0.15) is 5.26 Å². The van der Waals surface area contributed by atoms with Gasteiger partial charge in [-0.15, -0.1) is 0 Å². The fourth-order valence-corrected chi connectivity index (χ4v) is 3.65. The number of nitrogens with zero attached hydrogens (tertiary/aromatic N) is 2. The van der Waals surface area contributed by atoms with Crippen LogP contribution in [0.4, 0.5) is 4.39 Å². The van der Waals surface area contributed by atoms with Gasteiger partial charge < -0.3 is 9.67 Å². The summed E-state index contributed by atoms with van der Waals surface area (Å²) in [5.74, 6) is -1.35. The van der Waals surface area contributed by atoms with Gasteiger partial charge in [-0.05, 0) is 53.6 Å². The topological polar surface area (TPSA) is 66.0 Å². The molecule has 152 valence electrons. The van der Waals surface area contributed by atoms with Crippen LogP contribution in [0, 0.1) is 17.1 Å². The minimum atomic E-state index is -1.05. The van der Waals surface area contributed by atoms with Crippen molar-refractivity contribution in [1.82, 2.24) is 4.57 Å². The Morgan fingerprint density at radius 2 is 1.84 bits per heavy atom. The smallest absolute Gasteiger partial charge is 0.335 e. The lowest BCUT2D eigenvalue weighted by Gasteiger charge is -2.06. The van der Waals surface area contributed by atoms with Crippen LogP contribution in [-0.2, 0) is 6.54 Å². The summed E-state index contributed by atoms with van der Waals surface area (Å²) < 4.78 is 15.2. The summed E-state index contributed by atoms with van der Waals surface area (Å²) in [5, 5.41) is 20.4. The molecule has 31 heavy (non-hydrogen) atoms. The van der Waals surface area contributed by atoms with Crippen molar-refractivity contribution in [3.05, 3.63) is 106 Å². The van der Waals surface area contributed by atoms with Gasteiger partial charge >= 0.3 is 5.97 Å². The highest BCUT2D eigenvalue weighted by atomic mass is 35.5. The number of carbonyl (C=O) groups is 1. The van der Waals surface area contributed by atoms with E-state index in [9.17, 15) is 19.6 Å². The van der Waals surface area contributed by atoms with Crippen LogP contribution in [0.5, 0.6) is 0 Å². The second kappa shape index (κ2) is 8.47. The summed E-state index contributed by atoms with van der Waals surface area (Å²) in [4.78, 5) is 11.3. The first kappa shape index (κ1) is 20.4. The molecule has 1 heterocycles. The molecule has 3 aromatic carbocycles. The molecule has 0 radical (unpaired) electrons. The SMILES string of the molecule is N#CC(=Cc1cn(Cc2ccc(F)cc2)c2cc(Cl)ccc12)c1cccc(C(=O)O)c1. The molecule has 0 unspecified atom stereocenters. The summed E-state index contributed by atoms with van der Waals surface area (Å²) in [6.07, 6.45) is 3.64. The molecule has 0 aliphatic rings. The molecule has 0 atom stereocenters. The summed E-state index contributed by atoms with van der Waals surface area (Å²) in [6, 6.07) is 20.2. The molecule has 6 heteroatoms. The lowest BCUT2D eigenvalue weighted by atomic mass is 10.0. The van der Waals surface area contributed by atoms with Crippen molar-refractivity contribution >= 4 is 40.1 Å². The van der Waals surface area contributed by atoms with Crippen molar-refractivity contribution < 1.29 is 14.3 Å². The zero-order valence-electron chi connectivity index (χ0n) is 16.2. The van der Waals surface area contributed by atoms with Gasteiger partial charge in [-0.25, -0.2) is 9.18 Å². The first-order valence-electron chi connectivity index (χ1n) is 9.43. The van der Waals surface area contributed by atoms with Crippen LogP contribution >= 0.6 is 11.6 Å². The molecular weight excluding hydrogens is 415 g/mol. The first-order valence-corrected chi connectivity index (χ1v) is 9.81. The number of hydrogen-bond acceptors (Lipinski definition) is 2. The number of carboxylic acids is 1. The predicted molar refractivity (Wildman–Crippen MR) is 119 cm³/mol. The standard InChI is InChI=1S/C25H16ClFN2O2/c26-21-6-9-23-20(11-19(13-28)17-2-1-3-18(10-17)25(30)31)15-29(24(23)12-21)14-16-4-7-22(27)8-5-16/h1-12,15H,14H2,(H,30,31). The summed E-state index contributed by atoms with van der Waals surface area (Å²) in [5.41, 5.74) is 3.58. The minimum Gasteiger partial charge on any atom is -0.478 e. The van der Waals surface area contributed by atoms with Gasteiger partial charge in [-0.3, -0.25) is 0 Å². The Morgan fingerprint density at radius 1 is 1.10 bits per heavy atom. The van der Waals surface area contributed by atoms with Gasteiger partial charge in [0.25, 0.3) is 0 Å². The number of allylic oxidation sites excluding steroid dienone is 1. The quantitative estimate of drug-likeness (QED) is 0.381. The van der Waals surface area contributed by atoms with E-state index in [-0.39, 0.29) is 11.4 Å². The number of carboxylic acid groups (broad SMARTS) is 1. The number of benzene rings is 3. The largest absolute Gasteiger partial charge is 0.478 e.